The van der Waals surface area contributed by atoms with Crippen LogP contribution in [0.3, 0.4) is 0 Å². The summed E-state index contributed by atoms with van der Waals surface area (Å²) in [5, 5.41) is 2.82. The van der Waals surface area contributed by atoms with Crippen LogP contribution in [0.5, 0.6) is 0 Å². The molecule has 120 valence electrons. The molecule has 1 aliphatic heterocycles. The second-order valence-electron chi connectivity index (χ2n) is 4.64. The van der Waals surface area contributed by atoms with Gasteiger partial charge in [-0.15, -0.1) is 24.8 Å². The van der Waals surface area contributed by atoms with Crippen LogP contribution in [0.15, 0.2) is 24.3 Å². The number of amides is 1. The highest BCUT2D eigenvalue weighted by Gasteiger charge is 2.12. The fraction of sp³-hybridized carbons (Fsp3) is 0.500. The van der Waals surface area contributed by atoms with Crippen molar-refractivity contribution in [2.75, 3.05) is 32.8 Å². The molecule has 0 aliphatic carbocycles. The van der Waals surface area contributed by atoms with Crippen LogP contribution in [0.25, 0.3) is 0 Å². The third-order valence-corrected chi connectivity index (χ3v) is 3.28. The van der Waals surface area contributed by atoms with Gasteiger partial charge in [0, 0.05) is 26.2 Å². The van der Waals surface area contributed by atoms with Crippen molar-refractivity contribution >= 4 is 30.7 Å². The maximum Gasteiger partial charge on any atom is 0.234 e. The summed E-state index contributed by atoms with van der Waals surface area (Å²) in [6.45, 7) is 4.99. The van der Waals surface area contributed by atoms with Crippen molar-refractivity contribution in [1.82, 2.24) is 10.2 Å². The molecule has 0 unspecified atom stereocenters. The van der Waals surface area contributed by atoms with Gasteiger partial charge in [-0.1, -0.05) is 24.3 Å². The van der Waals surface area contributed by atoms with Crippen molar-refractivity contribution in [2.45, 2.75) is 13.1 Å². The Kier molecular flexibility index (Phi) is 10.4. The molecule has 0 bridgehead atoms. The molecule has 1 aromatic carbocycles. The molecule has 0 aromatic heterocycles. The second kappa shape index (κ2) is 10.8. The van der Waals surface area contributed by atoms with Crippen LogP contribution in [0.2, 0.25) is 0 Å². The van der Waals surface area contributed by atoms with Gasteiger partial charge in [0.25, 0.3) is 0 Å². The summed E-state index contributed by atoms with van der Waals surface area (Å²) in [5.74, 6) is -0.124. The Labute approximate surface area is 138 Å². The maximum absolute atomic E-state index is 11.2. The van der Waals surface area contributed by atoms with Crippen LogP contribution in [0.4, 0.5) is 0 Å². The first kappa shape index (κ1) is 20.1. The molecule has 0 saturated carbocycles. The van der Waals surface area contributed by atoms with Crippen molar-refractivity contribution < 1.29 is 9.53 Å². The Hall–Kier alpha value is -0.850. The van der Waals surface area contributed by atoms with E-state index >= 15 is 0 Å². The zero-order valence-corrected chi connectivity index (χ0v) is 13.5. The van der Waals surface area contributed by atoms with Crippen LogP contribution in [0.1, 0.15) is 11.1 Å². The molecule has 1 saturated heterocycles. The Balaban J connectivity index is 0.00000200. The average molecular weight is 336 g/mol. The van der Waals surface area contributed by atoms with E-state index in [1.807, 2.05) is 18.2 Å². The average Bonchev–Trinajstić information content (AvgIpc) is 2.47. The van der Waals surface area contributed by atoms with Gasteiger partial charge >= 0.3 is 0 Å². The molecule has 21 heavy (non-hydrogen) atoms. The van der Waals surface area contributed by atoms with E-state index in [-0.39, 0.29) is 37.3 Å². The van der Waals surface area contributed by atoms with Gasteiger partial charge in [0.2, 0.25) is 5.91 Å². The minimum atomic E-state index is -0.124. The van der Waals surface area contributed by atoms with E-state index in [0.717, 1.165) is 38.4 Å². The van der Waals surface area contributed by atoms with Crippen molar-refractivity contribution in [3.63, 3.8) is 0 Å². The molecule has 1 fully saturated rings. The van der Waals surface area contributed by atoms with Crippen LogP contribution in [0, 0.1) is 0 Å². The van der Waals surface area contributed by atoms with Gasteiger partial charge in [-0.25, -0.2) is 0 Å². The van der Waals surface area contributed by atoms with E-state index in [4.69, 9.17) is 10.5 Å². The summed E-state index contributed by atoms with van der Waals surface area (Å²) >= 11 is 0. The minimum Gasteiger partial charge on any atom is -0.379 e. The van der Waals surface area contributed by atoms with Gasteiger partial charge in [0.1, 0.15) is 0 Å². The predicted octanol–water partition coefficient (Wildman–Crippen LogP) is 0.937. The summed E-state index contributed by atoms with van der Waals surface area (Å²) in [7, 11) is 0. The number of ether oxygens (including phenoxy) is 1. The summed E-state index contributed by atoms with van der Waals surface area (Å²) in [6.07, 6.45) is 0. The number of halogens is 2. The molecule has 1 heterocycles. The van der Waals surface area contributed by atoms with Crippen molar-refractivity contribution in [2.24, 2.45) is 5.73 Å². The Morgan fingerprint density at radius 3 is 2.43 bits per heavy atom. The second-order valence-corrected chi connectivity index (χ2v) is 4.64. The lowest BCUT2D eigenvalue weighted by Gasteiger charge is -2.27. The molecule has 7 heteroatoms. The lowest BCUT2D eigenvalue weighted by Crippen LogP contribution is -2.36. The highest BCUT2D eigenvalue weighted by Crippen LogP contribution is 2.12. The van der Waals surface area contributed by atoms with Gasteiger partial charge in [-0.2, -0.15) is 0 Å². The molecule has 0 radical (unpaired) electrons. The number of carbonyl (C=O) groups excluding carboxylic acids is 1. The number of nitrogens with zero attached hydrogens (tertiary/aromatic N) is 1. The van der Waals surface area contributed by atoms with Crippen molar-refractivity contribution in [3.8, 4) is 0 Å². The van der Waals surface area contributed by atoms with E-state index in [2.05, 4.69) is 16.3 Å². The number of hydrogen-bond acceptors (Lipinski definition) is 4. The first-order chi connectivity index (χ1) is 9.29. The molecular formula is C14H23Cl2N3O2. The molecule has 2 rings (SSSR count). The topological polar surface area (TPSA) is 67.6 Å². The summed E-state index contributed by atoms with van der Waals surface area (Å²) < 4.78 is 5.35. The number of benzene rings is 1. The largest absolute Gasteiger partial charge is 0.379 e. The first-order valence-electron chi connectivity index (χ1n) is 6.63. The van der Waals surface area contributed by atoms with E-state index in [0.29, 0.717) is 6.54 Å². The Morgan fingerprint density at radius 1 is 1.19 bits per heavy atom. The highest BCUT2D eigenvalue weighted by molar-refractivity contribution is 5.85. The molecule has 1 aliphatic rings. The smallest absolute Gasteiger partial charge is 0.234 e. The summed E-state index contributed by atoms with van der Waals surface area (Å²) in [6, 6.07) is 8.18. The summed E-state index contributed by atoms with van der Waals surface area (Å²) in [4.78, 5) is 13.6. The number of carbonyl (C=O) groups is 1. The van der Waals surface area contributed by atoms with Crippen LogP contribution in [-0.2, 0) is 22.6 Å². The molecule has 1 aromatic rings. The van der Waals surface area contributed by atoms with Gasteiger partial charge in [-0.3, -0.25) is 9.69 Å². The van der Waals surface area contributed by atoms with E-state index in [1.165, 1.54) is 5.56 Å². The molecule has 0 atom stereocenters. The standard InChI is InChI=1S/C14H21N3O2.2ClH/c15-9-14(18)16-10-12-3-1-2-4-13(12)11-17-5-7-19-8-6-17;;/h1-4H,5-11,15H2,(H,16,18);2*1H. The quantitative estimate of drug-likeness (QED) is 0.840. The number of hydrogen-bond donors (Lipinski definition) is 2. The van der Waals surface area contributed by atoms with Crippen LogP contribution >= 0.6 is 24.8 Å². The third kappa shape index (κ3) is 6.63. The van der Waals surface area contributed by atoms with Gasteiger partial charge in [-0.05, 0) is 11.1 Å². The SMILES string of the molecule is Cl.Cl.NCC(=O)NCc1ccccc1CN1CCOCC1. The van der Waals surface area contributed by atoms with Gasteiger partial charge in [0.15, 0.2) is 0 Å². The fourth-order valence-corrected chi connectivity index (χ4v) is 2.15. The fourth-order valence-electron chi connectivity index (χ4n) is 2.15. The molecule has 0 spiro atoms. The normalized spacial score (nSPS) is 14.7. The number of nitrogens with two attached hydrogens (primary N) is 1. The third-order valence-electron chi connectivity index (χ3n) is 3.28. The van der Waals surface area contributed by atoms with Crippen molar-refractivity contribution in [1.29, 1.82) is 0 Å². The Morgan fingerprint density at radius 2 is 1.81 bits per heavy atom. The van der Waals surface area contributed by atoms with E-state index in [9.17, 15) is 4.79 Å². The van der Waals surface area contributed by atoms with E-state index < -0.39 is 0 Å². The first-order valence-corrected chi connectivity index (χ1v) is 6.63. The molecule has 5 nitrogen and oxygen atoms in total. The number of nitrogens with one attached hydrogen (secondary N) is 1. The Bertz CT molecular complexity index is 426. The van der Waals surface area contributed by atoms with Crippen molar-refractivity contribution in [3.05, 3.63) is 35.4 Å². The zero-order valence-electron chi connectivity index (χ0n) is 11.9. The molecular weight excluding hydrogens is 313 g/mol. The van der Waals surface area contributed by atoms with Gasteiger partial charge in [0.05, 0.1) is 19.8 Å². The zero-order chi connectivity index (χ0) is 13.5. The van der Waals surface area contributed by atoms with Gasteiger partial charge < -0.3 is 15.8 Å². The number of morpholine rings is 1. The molecule has 1 amide bonds. The van der Waals surface area contributed by atoms with E-state index in [1.54, 1.807) is 0 Å². The number of rotatable bonds is 5. The minimum absolute atomic E-state index is 0. The summed E-state index contributed by atoms with van der Waals surface area (Å²) in [5.41, 5.74) is 7.69. The lowest BCUT2D eigenvalue weighted by atomic mass is 10.1. The molecule has 3 N–H and O–H groups in total. The highest BCUT2D eigenvalue weighted by atomic mass is 35.5. The van der Waals surface area contributed by atoms with Crippen LogP contribution < -0.4 is 11.1 Å². The monoisotopic (exact) mass is 335 g/mol. The predicted molar refractivity (Wildman–Crippen MR) is 87.9 cm³/mol. The van der Waals surface area contributed by atoms with Crippen LogP contribution in [-0.4, -0.2) is 43.7 Å². The lowest BCUT2D eigenvalue weighted by molar-refractivity contribution is -0.119. The maximum atomic E-state index is 11.2.